The predicted molar refractivity (Wildman–Crippen MR) is 107 cm³/mol. The van der Waals surface area contributed by atoms with Crippen LogP contribution in [0.2, 0.25) is 0 Å². The molecule has 0 atom stereocenters. The third-order valence-corrected chi connectivity index (χ3v) is 5.04. The maximum Gasteiger partial charge on any atom is 0.262 e. The summed E-state index contributed by atoms with van der Waals surface area (Å²) in [5.41, 5.74) is 4.90. The molecule has 2 N–H and O–H groups in total. The van der Waals surface area contributed by atoms with Crippen LogP contribution in [0.1, 0.15) is 35.0 Å². The van der Waals surface area contributed by atoms with Gasteiger partial charge in [0.05, 0.1) is 17.0 Å². The lowest BCUT2D eigenvalue weighted by Gasteiger charge is -2.30. The van der Waals surface area contributed by atoms with Crippen LogP contribution in [0.5, 0.6) is 11.5 Å². The molecule has 1 aromatic heterocycles. The Morgan fingerprint density at radius 3 is 2.71 bits per heavy atom. The van der Waals surface area contributed by atoms with Crippen LogP contribution in [0, 0.1) is 0 Å². The second kappa shape index (κ2) is 7.31. The van der Waals surface area contributed by atoms with E-state index < -0.39 is 0 Å². The molecule has 0 saturated carbocycles. The number of nitrogens with zero attached hydrogens (tertiary/aromatic N) is 3. The molecule has 28 heavy (non-hydrogen) atoms. The predicted octanol–water partition coefficient (Wildman–Crippen LogP) is 3.71. The zero-order valence-electron chi connectivity index (χ0n) is 15.6. The maximum absolute atomic E-state index is 13.0. The Hall–Kier alpha value is -3.41. The summed E-state index contributed by atoms with van der Waals surface area (Å²) in [5.74, 6) is -0.575. The van der Waals surface area contributed by atoms with Gasteiger partial charge in [-0.25, -0.2) is 0 Å². The van der Waals surface area contributed by atoms with Gasteiger partial charge in [-0.1, -0.05) is 13.0 Å². The summed E-state index contributed by atoms with van der Waals surface area (Å²) in [4.78, 5) is 23.6. The molecule has 3 aromatic rings. The Morgan fingerprint density at radius 2 is 1.93 bits per heavy atom. The molecule has 0 fully saturated rings. The molecule has 4 rings (SSSR count). The molecule has 1 amide bonds. The Kier molecular flexibility index (Phi) is 4.69. The minimum atomic E-state index is -0.278. The van der Waals surface area contributed by atoms with Gasteiger partial charge in [0.1, 0.15) is 11.5 Å². The van der Waals surface area contributed by atoms with Crippen molar-refractivity contribution in [2.45, 2.75) is 26.2 Å². The summed E-state index contributed by atoms with van der Waals surface area (Å²) in [6.45, 7) is 2.63. The van der Waals surface area contributed by atoms with Crippen LogP contribution in [-0.4, -0.2) is 32.6 Å². The number of benzene rings is 2. The van der Waals surface area contributed by atoms with E-state index in [0.29, 0.717) is 6.54 Å². The SMILES string of the molecule is CCc1nccnc1-c1ccc2c(c1)CCCN2C(=O)c1ccc(O)cc1O. The van der Waals surface area contributed by atoms with Crippen molar-refractivity contribution in [3.63, 3.8) is 0 Å². The van der Waals surface area contributed by atoms with E-state index in [2.05, 4.69) is 23.0 Å². The summed E-state index contributed by atoms with van der Waals surface area (Å²) in [7, 11) is 0. The van der Waals surface area contributed by atoms with Crippen molar-refractivity contribution in [1.29, 1.82) is 0 Å². The largest absolute Gasteiger partial charge is 0.508 e. The smallest absolute Gasteiger partial charge is 0.262 e. The standard InChI is InChI=1S/C22H21N3O3/c1-2-18-21(24-10-9-23-18)15-5-8-19-14(12-15)4-3-11-25(19)22(28)17-7-6-16(26)13-20(17)27/h5-10,12-13,26-27H,2-4,11H2,1H3. The molecular weight excluding hydrogens is 354 g/mol. The third-order valence-electron chi connectivity index (χ3n) is 5.04. The van der Waals surface area contributed by atoms with Gasteiger partial charge < -0.3 is 15.1 Å². The van der Waals surface area contributed by atoms with Gasteiger partial charge in [0.25, 0.3) is 5.91 Å². The topological polar surface area (TPSA) is 86.6 Å². The van der Waals surface area contributed by atoms with Crippen LogP contribution >= 0.6 is 0 Å². The van der Waals surface area contributed by atoms with E-state index in [1.54, 1.807) is 17.3 Å². The molecule has 0 spiro atoms. The fraction of sp³-hybridized carbons (Fsp3) is 0.227. The second-order valence-corrected chi connectivity index (χ2v) is 6.81. The molecule has 2 aromatic carbocycles. The van der Waals surface area contributed by atoms with Crippen molar-refractivity contribution >= 4 is 11.6 Å². The molecule has 6 heteroatoms. The number of aryl methyl sites for hydroxylation is 2. The van der Waals surface area contributed by atoms with Crippen molar-refractivity contribution in [2.24, 2.45) is 0 Å². The normalized spacial score (nSPS) is 13.2. The van der Waals surface area contributed by atoms with E-state index in [1.807, 2.05) is 12.1 Å². The third kappa shape index (κ3) is 3.17. The number of aromatic hydroxyl groups is 2. The Balaban J connectivity index is 1.71. The van der Waals surface area contributed by atoms with Gasteiger partial charge in [0.15, 0.2) is 0 Å². The van der Waals surface area contributed by atoms with Crippen LogP contribution in [0.15, 0.2) is 48.8 Å². The van der Waals surface area contributed by atoms with Crippen LogP contribution < -0.4 is 4.90 Å². The van der Waals surface area contributed by atoms with Crippen molar-refractivity contribution in [1.82, 2.24) is 9.97 Å². The van der Waals surface area contributed by atoms with Crippen molar-refractivity contribution in [3.05, 3.63) is 65.6 Å². The lowest BCUT2D eigenvalue weighted by atomic mass is 9.96. The fourth-order valence-electron chi connectivity index (χ4n) is 3.67. The first-order valence-corrected chi connectivity index (χ1v) is 9.35. The minimum absolute atomic E-state index is 0.0755. The summed E-state index contributed by atoms with van der Waals surface area (Å²) >= 11 is 0. The van der Waals surface area contributed by atoms with Gasteiger partial charge in [-0.05, 0) is 49.1 Å². The van der Waals surface area contributed by atoms with Gasteiger partial charge >= 0.3 is 0 Å². The number of aromatic nitrogens is 2. The second-order valence-electron chi connectivity index (χ2n) is 6.81. The number of amides is 1. The average Bonchev–Trinajstić information content (AvgIpc) is 2.72. The Bertz CT molecular complexity index is 1050. The highest BCUT2D eigenvalue weighted by atomic mass is 16.3. The summed E-state index contributed by atoms with van der Waals surface area (Å²) in [6.07, 6.45) is 5.89. The molecule has 0 bridgehead atoms. The van der Waals surface area contributed by atoms with Crippen LogP contribution in [0.3, 0.4) is 0 Å². The number of anilines is 1. The van der Waals surface area contributed by atoms with Gasteiger partial charge in [0.2, 0.25) is 0 Å². The van der Waals surface area contributed by atoms with Crippen LogP contribution in [0.25, 0.3) is 11.3 Å². The van der Waals surface area contributed by atoms with E-state index in [9.17, 15) is 15.0 Å². The lowest BCUT2D eigenvalue weighted by Crippen LogP contribution is -2.35. The molecule has 1 aliphatic heterocycles. The lowest BCUT2D eigenvalue weighted by molar-refractivity contribution is 0.0982. The number of hydrogen-bond acceptors (Lipinski definition) is 5. The zero-order valence-corrected chi connectivity index (χ0v) is 15.6. The number of carbonyl (C=O) groups is 1. The molecule has 1 aliphatic rings. The molecule has 0 saturated heterocycles. The number of hydrogen-bond donors (Lipinski definition) is 2. The van der Waals surface area contributed by atoms with Gasteiger partial charge in [-0.2, -0.15) is 0 Å². The molecule has 0 unspecified atom stereocenters. The number of fused-ring (bicyclic) bond motifs is 1. The highest BCUT2D eigenvalue weighted by molar-refractivity contribution is 6.08. The van der Waals surface area contributed by atoms with Gasteiger partial charge in [0, 0.05) is 36.3 Å². The molecular formula is C22H21N3O3. The number of carbonyl (C=O) groups excluding carboxylic acids is 1. The van der Waals surface area contributed by atoms with E-state index >= 15 is 0 Å². The average molecular weight is 375 g/mol. The highest BCUT2D eigenvalue weighted by Gasteiger charge is 2.26. The number of rotatable bonds is 3. The van der Waals surface area contributed by atoms with E-state index in [1.165, 1.54) is 18.2 Å². The molecule has 142 valence electrons. The zero-order chi connectivity index (χ0) is 19.7. The van der Waals surface area contributed by atoms with Crippen molar-refractivity contribution < 1.29 is 15.0 Å². The van der Waals surface area contributed by atoms with E-state index in [-0.39, 0.29) is 23.0 Å². The molecule has 6 nitrogen and oxygen atoms in total. The van der Waals surface area contributed by atoms with Gasteiger partial charge in [-0.15, -0.1) is 0 Å². The first kappa shape index (κ1) is 18.0. The van der Waals surface area contributed by atoms with Crippen molar-refractivity contribution in [2.75, 3.05) is 11.4 Å². The molecule has 2 heterocycles. The first-order valence-electron chi connectivity index (χ1n) is 9.35. The summed E-state index contributed by atoms with van der Waals surface area (Å²) < 4.78 is 0. The van der Waals surface area contributed by atoms with E-state index in [4.69, 9.17) is 0 Å². The van der Waals surface area contributed by atoms with Crippen LogP contribution in [0.4, 0.5) is 5.69 Å². The Morgan fingerprint density at radius 1 is 1.11 bits per heavy atom. The fourth-order valence-corrected chi connectivity index (χ4v) is 3.67. The van der Waals surface area contributed by atoms with Crippen LogP contribution in [-0.2, 0) is 12.8 Å². The minimum Gasteiger partial charge on any atom is -0.508 e. The monoisotopic (exact) mass is 375 g/mol. The quantitative estimate of drug-likeness (QED) is 0.729. The number of phenols is 2. The maximum atomic E-state index is 13.0. The van der Waals surface area contributed by atoms with Gasteiger partial charge in [-0.3, -0.25) is 14.8 Å². The number of phenolic OH excluding ortho intramolecular Hbond substituents is 2. The Labute approximate surface area is 163 Å². The summed E-state index contributed by atoms with van der Waals surface area (Å²) in [5, 5.41) is 19.5. The first-order chi connectivity index (χ1) is 13.6. The highest BCUT2D eigenvalue weighted by Crippen LogP contribution is 2.34. The molecule has 0 radical (unpaired) electrons. The van der Waals surface area contributed by atoms with E-state index in [0.717, 1.165) is 47.5 Å². The molecule has 0 aliphatic carbocycles. The van der Waals surface area contributed by atoms with Crippen molar-refractivity contribution in [3.8, 4) is 22.8 Å². The summed E-state index contributed by atoms with van der Waals surface area (Å²) in [6, 6.07) is 10.0.